The molecule has 0 aliphatic carbocycles. The molecule has 0 spiro atoms. The molecule has 0 radical (unpaired) electrons. The third-order valence-electron chi connectivity index (χ3n) is 3.13. The molecular formula is C18H22N2O6. The van der Waals surface area contributed by atoms with Crippen LogP contribution in [0.5, 0.6) is 11.5 Å². The summed E-state index contributed by atoms with van der Waals surface area (Å²) >= 11 is 0. The molecule has 0 aliphatic heterocycles. The second kappa shape index (κ2) is 11.5. The lowest BCUT2D eigenvalue weighted by Gasteiger charge is -2.10. The quantitative estimate of drug-likeness (QED) is 0.236. The van der Waals surface area contributed by atoms with Crippen molar-refractivity contribution in [2.75, 3.05) is 34.0 Å². The summed E-state index contributed by atoms with van der Waals surface area (Å²) in [5.41, 5.74) is 0.491. The van der Waals surface area contributed by atoms with E-state index in [1.165, 1.54) is 19.3 Å². The van der Waals surface area contributed by atoms with E-state index in [-0.39, 0.29) is 23.7 Å². The van der Waals surface area contributed by atoms with Crippen LogP contribution in [0.4, 0.5) is 4.79 Å². The van der Waals surface area contributed by atoms with Crippen molar-refractivity contribution in [3.8, 4) is 17.6 Å². The Kier molecular flexibility index (Phi) is 9.28. The summed E-state index contributed by atoms with van der Waals surface area (Å²) in [4.78, 5) is 23.4. The first-order valence-corrected chi connectivity index (χ1v) is 7.97. The molecule has 0 saturated carbocycles. The van der Waals surface area contributed by atoms with E-state index in [1.807, 2.05) is 6.07 Å². The largest absolute Gasteiger partial charge is 0.513 e. The Balaban J connectivity index is 2.89. The van der Waals surface area contributed by atoms with Gasteiger partial charge in [-0.15, -0.1) is 0 Å². The number of carbonyl (C=O) groups is 2. The molecule has 8 nitrogen and oxygen atoms in total. The zero-order chi connectivity index (χ0) is 19.4. The zero-order valence-corrected chi connectivity index (χ0v) is 15.0. The van der Waals surface area contributed by atoms with E-state index in [0.717, 1.165) is 0 Å². The number of hydrogen-bond donors (Lipinski definition) is 1. The highest BCUT2D eigenvalue weighted by Crippen LogP contribution is 2.29. The van der Waals surface area contributed by atoms with Gasteiger partial charge in [0.15, 0.2) is 11.5 Å². The maximum absolute atomic E-state index is 12.0. The Labute approximate surface area is 152 Å². The molecule has 1 aromatic carbocycles. The van der Waals surface area contributed by atoms with Crippen LogP contribution >= 0.6 is 0 Å². The highest BCUT2D eigenvalue weighted by atomic mass is 16.7. The summed E-state index contributed by atoms with van der Waals surface area (Å²) in [6.45, 7) is 2.77. The van der Waals surface area contributed by atoms with Crippen molar-refractivity contribution >= 4 is 18.1 Å². The highest BCUT2D eigenvalue weighted by Gasteiger charge is 2.13. The van der Waals surface area contributed by atoms with Gasteiger partial charge in [-0.3, -0.25) is 4.79 Å². The van der Waals surface area contributed by atoms with E-state index >= 15 is 0 Å². The monoisotopic (exact) mass is 362 g/mol. The van der Waals surface area contributed by atoms with E-state index in [4.69, 9.17) is 18.9 Å². The van der Waals surface area contributed by atoms with E-state index in [1.54, 1.807) is 26.2 Å². The van der Waals surface area contributed by atoms with Crippen LogP contribution < -0.4 is 14.8 Å². The maximum Gasteiger partial charge on any atom is 0.513 e. The summed E-state index contributed by atoms with van der Waals surface area (Å²) in [7, 11) is 2.99. The van der Waals surface area contributed by atoms with Gasteiger partial charge in [0.05, 0.1) is 13.7 Å². The second-order valence-electron chi connectivity index (χ2n) is 4.97. The van der Waals surface area contributed by atoms with Crippen LogP contribution in [0, 0.1) is 11.3 Å². The molecule has 8 heteroatoms. The van der Waals surface area contributed by atoms with Crippen LogP contribution in [0.1, 0.15) is 18.9 Å². The Bertz CT molecular complexity index is 693. The van der Waals surface area contributed by atoms with Gasteiger partial charge >= 0.3 is 6.16 Å². The number of ether oxygens (including phenoxy) is 4. The number of methoxy groups -OCH3 is 2. The van der Waals surface area contributed by atoms with Crippen LogP contribution in [0.15, 0.2) is 23.8 Å². The van der Waals surface area contributed by atoms with Crippen molar-refractivity contribution in [3.63, 3.8) is 0 Å². The molecule has 140 valence electrons. The minimum atomic E-state index is -0.845. The van der Waals surface area contributed by atoms with Crippen molar-refractivity contribution < 1.29 is 28.5 Å². The summed E-state index contributed by atoms with van der Waals surface area (Å²) in [6, 6.07) is 6.49. The molecule has 0 atom stereocenters. The third-order valence-corrected chi connectivity index (χ3v) is 3.13. The molecule has 1 rings (SSSR count). The fraction of sp³-hybridized carbons (Fsp3) is 0.389. The van der Waals surface area contributed by atoms with E-state index in [0.29, 0.717) is 25.1 Å². The third kappa shape index (κ3) is 6.83. The summed E-state index contributed by atoms with van der Waals surface area (Å²) in [6.07, 6.45) is 1.22. The van der Waals surface area contributed by atoms with Gasteiger partial charge in [-0.05, 0) is 37.1 Å². The number of nitrogens with one attached hydrogen (secondary N) is 1. The van der Waals surface area contributed by atoms with E-state index in [2.05, 4.69) is 5.32 Å². The average Bonchev–Trinajstić information content (AvgIpc) is 2.64. The van der Waals surface area contributed by atoms with Gasteiger partial charge < -0.3 is 24.3 Å². The number of hydrogen-bond acceptors (Lipinski definition) is 7. The SMILES string of the molecule is CCOC(=O)Oc1ccc(/C=C(\C#N)C(=O)NCCCOC)cc1OC. The van der Waals surface area contributed by atoms with Gasteiger partial charge in [-0.2, -0.15) is 5.26 Å². The molecule has 0 bridgehead atoms. The minimum Gasteiger partial charge on any atom is -0.493 e. The van der Waals surface area contributed by atoms with Crippen LogP contribution in [0.25, 0.3) is 6.08 Å². The average molecular weight is 362 g/mol. The van der Waals surface area contributed by atoms with Crippen molar-refractivity contribution in [1.82, 2.24) is 5.32 Å². The number of nitrogens with zero attached hydrogens (tertiary/aromatic N) is 1. The molecule has 26 heavy (non-hydrogen) atoms. The molecule has 1 aromatic rings. The van der Waals surface area contributed by atoms with Crippen LogP contribution in [0.2, 0.25) is 0 Å². The molecule has 1 amide bonds. The fourth-order valence-corrected chi connectivity index (χ4v) is 1.92. The topological polar surface area (TPSA) is 107 Å². The van der Waals surface area contributed by atoms with Crippen LogP contribution in [0.3, 0.4) is 0 Å². The number of amides is 1. The Morgan fingerprint density at radius 1 is 1.27 bits per heavy atom. The van der Waals surface area contributed by atoms with Crippen molar-refractivity contribution in [2.24, 2.45) is 0 Å². The van der Waals surface area contributed by atoms with Crippen LogP contribution in [-0.2, 0) is 14.3 Å². The predicted octanol–water partition coefficient (Wildman–Crippen LogP) is 2.29. The maximum atomic E-state index is 12.0. The first-order valence-electron chi connectivity index (χ1n) is 7.97. The van der Waals surface area contributed by atoms with E-state index in [9.17, 15) is 14.9 Å². The Hall–Kier alpha value is -3.05. The minimum absolute atomic E-state index is 0.0523. The standard InChI is InChI=1S/C18H22N2O6/c1-4-25-18(22)26-15-7-6-13(11-16(15)24-3)10-14(12-19)17(21)20-8-5-9-23-2/h6-7,10-11H,4-5,8-9H2,1-3H3,(H,20,21)/b14-10+. The van der Waals surface area contributed by atoms with Crippen molar-refractivity contribution in [3.05, 3.63) is 29.3 Å². The van der Waals surface area contributed by atoms with Gasteiger partial charge in [0.1, 0.15) is 11.6 Å². The van der Waals surface area contributed by atoms with Gasteiger partial charge in [-0.1, -0.05) is 6.07 Å². The molecule has 0 heterocycles. The zero-order valence-electron chi connectivity index (χ0n) is 15.0. The Morgan fingerprint density at radius 2 is 2.04 bits per heavy atom. The predicted molar refractivity (Wildman–Crippen MR) is 93.7 cm³/mol. The van der Waals surface area contributed by atoms with Gasteiger partial charge in [0.25, 0.3) is 5.91 Å². The van der Waals surface area contributed by atoms with Gasteiger partial charge in [0, 0.05) is 20.3 Å². The lowest BCUT2D eigenvalue weighted by molar-refractivity contribution is -0.117. The first-order chi connectivity index (χ1) is 12.5. The smallest absolute Gasteiger partial charge is 0.493 e. The molecule has 1 N–H and O–H groups in total. The van der Waals surface area contributed by atoms with Crippen molar-refractivity contribution in [1.29, 1.82) is 5.26 Å². The number of rotatable bonds is 9. The highest BCUT2D eigenvalue weighted by molar-refractivity contribution is 6.01. The number of carbonyl (C=O) groups excluding carboxylic acids is 2. The number of benzene rings is 1. The molecule has 0 aliphatic rings. The molecule has 0 aromatic heterocycles. The number of nitriles is 1. The molecule has 0 saturated heterocycles. The Morgan fingerprint density at radius 3 is 2.65 bits per heavy atom. The van der Waals surface area contributed by atoms with Crippen LogP contribution in [-0.4, -0.2) is 46.0 Å². The molecule has 0 unspecified atom stereocenters. The lowest BCUT2D eigenvalue weighted by Crippen LogP contribution is -2.26. The molecular weight excluding hydrogens is 340 g/mol. The summed E-state index contributed by atoms with van der Waals surface area (Å²) in [5, 5.41) is 11.8. The molecule has 0 fully saturated rings. The lowest BCUT2D eigenvalue weighted by atomic mass is 10.1. The summed E-state index contributed by atoms with van der Waals surface area (Å²) < 4.78 is 19.8. The second-order valence-corrected chi connectivity index (χ2v) is 4.97. The van der Waals surface area contributed by atoms with Gasteiger partial charge in [-0.25, -0.2) is 4.79 Å². The van der Waals surface area contributed by atoms with Gasteiger partial charge in [0.2, 0.25) is 0 Å². The van der Waals surface area contributed by atoms with Crippen molar-refractivity contribution in [2.45, 2.75) is 13.3 Å². The van der Waals surface area contributed by atoms with E-state index < -0.39 is 12.1 Å². The fourth-order valence-electron chi connectivity index (χ4n) is 1.92. The normalized spacial score (nSPS) is 10.6. The summed E-state index contributed by atoms with van der Waals surface area (Å²) in [5.74, 6) is -0.0374. The first kappa shape index (κ1) is 21.0.